The fraction of sp³-hybridized carbons (Fsp3) is 0.636. The SMILES string of the molecule is Cc1cccc(CSCC(=O)N2CCC(NC(=O)NC3CCCCC3)CC2)c1. The zero-order valence-corrected chi connectivity index (χ0v) is 17.7. The van der Waals surface area contributed by atoms with Gasteiger partial charge in [0.2, 0.25) is 5.91 Å². The standard InChI is InChI=1S/C22H33N3O2S/c1-17-6-5-7-18(14-17)15-28-16-21(26)25-12-10-20(11-13-25)24-22(27)23-19-8-3-2-4-9-19/h5-7,14,19-20H,2-4,8-13,15-16H2,1H3,(H2,23,24,27). The summed E-state index contributed by atoms with van der Waals surface area (Å²) in [5, 5.41) is 6.22. The number of hydrogen-bond acceptors (Lipinski definition) is 3. The molecule has 154 valence electrons. The van der Waals surface area contributed by atoms with E-state index in [9.17, 15) is 9.59 Å². The number of hydrogen-bond donors (Lipinski definition) is 2. The lowest BCUT2D eigenvalue weighted by molar-refractivity contribution is -0.129. The number of carbonyl (C=O) groups is 2. The van der Waals surface area contributed by atoms with Crippen molar-refractivity contribution in [2.24, 2.45) is 0 Å². The van der Waals surface area contributed by atoms with Crippen molar-refractivity contribution in [1.82, 2.24) is 15.5 Å². The zero-order chi connectivity index (χ0) is 19.8. The Morgan fingerprint density at radius 1 is 1.04 bits per heavy atom. The van der Waals surface area contributed by atoms with E-state index in [1.165, 1.54) is 30.4 Å². The minimum atomic E-state index is -0.0367. The van der Waals surface area contributed by atoms with Crippen LogP contribution < -0.4 is 10.6 Å². The Hall–Kier alpha value is -1.69. The van der Waals surface area contributed by atoms with Crippen LogP contribution in [0.5, 0.6) is 0 Å². The average Bonchev–Trinajstić information content (AvgIpc) is 2.69. The first-order valence-corrected chi connectivity index (χ1v) is 11.7. The number of nitrogens with one attached hydrogen (secondary N) is 2. The third-order valence-corrected chi connectivity index (χ3v) is 6.69. The van der Waals surface area contributed by atoms with Crippen LogP contribution in [0.4, 0.5) is 4.79 Å². The molecule has 0 spiro atoms. The van der Waals surface area contributed by atoms with E-state index in [1.54, 1.807) is 11.8 Å². The summed E-state index contributed by atoms with van der Waals surface area (Å²) in [6.07, 6.45) is 7.59. The van der Waals surface area contributed by atoms with Crippen LogP contribution in [0, 0.1) is 6.92 Å². The molecule has 2 aliphatic rings. The highest BCUT2D eigenvalue weighted by Gasteiger charge is 2.24. The lowest BCUT2D eigenvalue weighted by Crippen LogP contribution is -2.51. The highest BCUT2D eigenvalue weighted by Crippen LogP contribution is 2.18. The predicted molar refractivity (Wildman–Crippen MR) is 115 cm³/mol. The fourth-order valence-corrected chi connectivity index (χ4v) is 4.96. The maximum Gasteiger partial charge on any atom is 0.315 e. The topological polar surface area (TPSA) is 61.4 Å². The van der Waals surface area contributed by atoms with E-state index in [0.717, 1.165) is 44.5 Å². The van der Waals surface area contributed by atoms with Gasteiger partial charge in [-0.25, -0.2) is 4.79 Å². The first-order valence-electron chi connectivity index (χ1n) is 10.6. The van der Waals surface area contributed by atoms with Crippen LogP contribution in [-0.4, -0.2) is 47.8 Å². The van der Waals surface area contributed by atoms with Gasteiger partial charge < -0.3 is 15.5 Å². The number of benzene rings is 1. The zero-order valence-electron chi connectivity index (χ0n) is 16.9. The van der Waals surface area contributed by atoms with E-state index in [-0.39, 0.29) is 18.0 Å². The maximum atomic E-state index is 12.5. The summed E-state index contributed by atoms with van der Waals surface area (Å²) in [5.74, 6) is 1.60. The van der Waals surface area contributed by atoms with Crippen molar-refractivity contribution in [3.05, 3.63) is 35.4 Å². The van der Waals surface area contributed by atoms with Gasteiger partial charge in [-0.1, -0.05) is 49.1 Å². The van der Waals surface area contributed by atoms with Gasteiger partial charge in [0.15, 0.2) is 0 Å². The molecule has 6 heteroatoms. The van der Waals surface area contributed by atoms with Crippen LogP contribution in [0.25, 0.3) is 0 Å². The highest BCUT2D eigenvalue weighted by molar-refractivity contribution is 7.99. The second-order valence-electron chi connectivity index (χ2n) is 8.09. The molecule has 1 aromatic carbocycles. The molecule has 1 aliphatic carbocycles. The Morgan fingerprint density at radius 2 is 1.71 bits per heavy atom. The third-order valence-electron chi connectivity index (χ3n) is 5.70. The Balaban J connectivity index is 1.31. The number of aryl methyl sites for hydroxylation is 1. The van der Waals surface area contributed by atoms with Crippen LogP contribution in [-0.2, 0) is 10.5 Å². The molecule has 1 saturated heterocycles. The summed E-state index contributed by atoms with van der Waals surface area (Å²) in [4.78, 5) is 26.6. The van der Waals surface area contributed by atoms with Crippen LogP contribution in [0.2, 0.25) is 0 Å². The van der Waals surface area contributed by atoms with Gasteiger partial charge in [-0.2, -0.15) is 0 Å². The van der Waals surface area contributed by atoms with Gasteiger partial charge in [-0.15, -0.1) is 11.8 Å². The summed E-state index contributed by atoms with van der Waals surface area (Å²) < 4.78 is 0. The largest absolute Gasteiger partial charge is 0.342 e. The number of nitrogens with zero attached hydrogens (tertiary/aromatic N) is 1. The van der Waals surface area contributed by atoms with Crippen LogP contribution in [0.15, 0.2) is 24.3 Å². The van der Waals surface area contributed by atoms with Crippen molar-refractivity contribution in [1.29, 1.82) is 0 Å². The molecule has 3 rings (SSSR count). The second kappa shape index (κ2) is 10.7. The average molecular weight is 404 g/mol. The summed E-state index contributed by atoms with van der Waals surface area (Å²) in [6, 6.07) is 8.91. The smallest absolute Gasteiger partial charge is 0.315 e. The normalized spacial score (nSPS) is 18.7. The Morgan fingerprint density at radius 3 is 2.39 bits per heavy atom. The summed E-state index contributed by atoms with van der Waals surface area (Å²) in [7, 11) is 0. The predicted octanol–water partition coefficient (Wildman–Crippen LogP) is 3.85. The van der Waals surface area contributed by atoms with E-state index in [4.69, 9.17) is 0 Å². The molecule has 0 radical (unpaired) electrons. The van der Waals surface area contributed by atoms with Crippen molar-refractivity contribution in [2.45, 2.75) is 69.7 Å². The lowest BCUT2D eigenvalue weighted by Gasteiger charge is -2.33. The van der Waals surface area contributed by atoms with Crippen molar-refractivity contribution >= 4 is 23.7 Å². The van der Waals surface area contributed by atoms with E-state index in [1.807, 2.05) is 4.90 Å². The third kappa shape index (κ3) is 6.73. The molecular formula is C22H33N3O2S. The van der Waals surface area contributed by atoms with Gasteiger partial charge in [0.1, 0.15) is 0 Å². The molecule has 0 bridgehead atoms. The van der Waals surface area contributed by atoms with Gasteiger partial charge in [0.05, 0.1) is 5.75 Å². The summed E-state index contributed by atoms with van der Waals surface area (Å²) >= 11 is 1.68. The number of piperidine rings is 1. The summed E-state index contributed by atoms with van der Waals surface area (Å²) in [6.45, 7) is 3.56. The molecule has 2 N–H and O–H groups in total. The van der Waals surface area contributed by atoms with E-state index in [0.29, 0.717) is 11.8 Å². The van der Waals surface area contributed by atoms with E-state index >= 15 is 0 Å². The highest BCUT2D eigenvalue weighted by atomic mass is 32.2. The number of urea groups is 1. The van der Waals surface area contributed by atoms with Crippen LogP contribution in [0.3, 0.4) is 0 Å². The second-order valence-corrected chi connectivity index (χ2v) is 9.08. The summed E-state index contributed by atoms with van der Waals surface area (Å²) in [5.41, 5.74) is 2.52. The fourth-order valence-electron chi connectivity index (χ4n) is 4.08. The molecule has 5 nitrogen and oxygen atoms in total. The Labute approximate surface area is 173 Å². The molecule has 0 aromatic heterocycles. The number of likely N-dealkylation sites (tertiary alicyclic amines) is 1. The van der Waals surface area contributed by atoms with E-state index < -0.39 is 0 Å². The molecule has 3 amide bonds. The first-order chi connectivity index (χ1) is 13.6. The van der Waals surface area contributed by atoms with Crippen molar-refractivity contribution in [2.75, 3.05) is 18.8 Å². The number of thioether (sulfide) groups is 1. The van der Waals surface area contributed by atoms with Crippen molar-refractivity contribution in [3.8, 4) is 0 Å². The van der Waals surface area contributed by atoms with E-state index in [2.05, 4.69) is 41.8 Å². The van der Waals surface area contributed by atoms with Crippen molar-refractivity contribution in [3.63, 3.8) is 0 Å². The minimum Gasteiger partial charge on any atom is -0.342 e. The monoisotopic (exact) mass is 403 g/mol. The maximum absolute atomic E-state index is 12.5. The number of carbonyl (C=O) groups excluding carboxylic acids is 2. The first kappa shape index (κ1) is 21.0. The van der Waals surface area contributed by atoms with Crippen LogP contribution >= 0.6 is 11.8 Å². The lowest BCUT2D eigenvalue weighted by atomic mass is 9.96. The van der Waals surface area contributed by atoms with Gasteiger partial charge in [0.25, 0.3) is 0 Å². The molecule has 0 atom stereocenters. The Kier molecular flexibility index (Phi) is 8.07. The molecule has 2 fully saturated rings. The van der Waals surface area contributed by atoms with Crippen LogP contribution in [0.1, 0.15) is 56.1 Å². The van der Waals surface area contributed by atoms with Gasteiger partial charge in [0, 0.05) is 30.9 Å². The number of rotatable bonds is 6. The van der Waals surface area contributed by atoms with Gasteiger partial charge in [-0.3, -0.25) is 4.79 Å². The van der Waals surface area contributed by atoms with Gasteiger partial charge in [-0.05, 0) is 38.2 Å². The molecular weight excluding hydrogens is 370 g/mol. The molecule has 28 heavy (non-hydrogen) atoms. The molecule has 0 unspecified atom stereocenters. The Bertz CT molecular complexity index is 653. The number of amides is 3. The van der Waals surface area contributed by atoms with Gasteiger partial charge >= 0.3 is 6.03 Å². The molecule has 1 aromatic rings. The minimum absolute atomic E-state index is 0.0367. The molecule has 1 aliphatic heterocycles. The quantitative estimate of drug-likeness (QED) is 0.758. The molecule has 1 saturated carbocycles. The van der Waals surface area contributed by atoms with Crippen molar-refractivity contribution < 1.29 is 9.59 Å². The molecule has 1 heterocycles.